The molecule has 1 saturated heterocycles. The Morgan fingerprint density at radius 3 is 2.42 bits per heavy atom. The molecule has 1 N–H and O–H groups in total. The number of rotatable bonds is 4. The molecule has 2 aliphatic rings. The predicted molar refractivity (Wildman–Crippen MR) is 91.1 cm³/mol. The van der Waals surface area contributed by atoms with Gasteiger partial charge < -0.3 is 5.32 Å². The largest absolute Gasteiger partial charge is 0.334 e. The molecule has 2 heterocycles. The van der Waals surface area contributed by atoms with Crippen LogP contribution in [0.1, 0.15) is 13.8 Å². The van der Waals surface area contributed by atoms with Crippen LogP contribution in [0.15, 0.2) is 24.3 Å². The summed E-state index contributed by atoms with van der Waals surface area (Å²) in [5.41, 5.74) is 0.940. The van der Waals surface area contributed by atoms with Crippen LogP contribution < -0.4 is 10.2 Å². The molecule has 9 heteroatoms. The fraction of sp³-hybridized carbons (Fsp3) is 0.353. The molecule has 0 spiro atoms. The van der Waals surface area contributed by atoms with Crippen LogP contribution in [0.4, 0.5) is 16.2 Å². The lowest BCUT2D eigenvalue weighted by Gasteiger charge is -2.30. The van der Waals surface area contributed by atoms with Crippen LogP contribution in [-0.2, 0) is 19.2 Å². The van der Waals surface area contributed by atoms with Crippen LogP contribution in [-0.4, -0.2) is 59.1 Å². The number of carbonyl (C=O) groups is 5. The lowest BCUT2D eigenvalue weighted by Crippen LogP contribution is -2.48. The SMILES string of the molecule is CC(C)CN1C(=O)C(=O)N(CC(=O)N2CC(=O)Nc3ccccc32)C1=O. The zero-order valence-electron chi connectivity index (χ0n) is 14.4. The van der Waals surface area contributed by atoms with Gasteiger partial charge in [-0.05, 0) is 18.1 Å². The zero-order valence-corrected chi connectivity index (χ0v) is 14.4. The van der Waals surface area contributed by atoms with Gasteiger partial charge in [0.05, 0.1) is 11.4 Å². The molecule has 0 aromatic heterocycles. The molecule has 3 rings (SSSR count). The molecule has 0 unspecified atom stereocenters. The molecule has 0 atom stereocenters. The number of anilines is 2. The van der Waals surface area contributed by atoms with Crippen molar-refractivity contribution in [2.24, 2.45) is 5.92 Å². The molecule has 0 radical (unpaired) electrons. The second kappa shape index (κ2) is 6.58. The maximum Gasteiger partial charge on any atom is 0.334 e. The molecule has 1 aromatic carbocycles. The van der Waals surface area contributed by atoms with Gasteiger partial charge in [-0.1, -0.05) is 26.0 Å². The van der Waals surface area contributed by atoms with Gasteiger partial charge in [-0.2, -0.15) is 0 Å². The summed E-state index contributed by atoms with van der Waals surface area (Å²) in [6.45, 7) is 2.89. The minimum absolute atomic E-state index is 0.0102. The van der Waals surface area contributed by atoms with Gasteiger partial charge in [-0.15, -0.1) is 0 Å². The van der Waals surface area contributed by atoms with Crippen molar-refractivity contribution in [3.63, 3.8) is 0 Å². The van der Waals surface area contributed by atoms with Crippen LogP contribution in [0.3, 0.4) is 0 Å². The van der Waals surface area contributed by atoms with Crippen LogP contribution in [0, 0.1) is 5.92 Å². The summed E-state index contributed by atoms with van der Waals surface area (Å²) in [4.78, 5) is 63.6. The molecule has 0 bridgehead atoms. The molecule has 0 aliphatic carbocycles. The van der Waals surface area contributed by atoms with Crippen LogP contribution >= 0.6 is 0 Å². The van der Waals surface area contributed by atoms with E-state index in [0.29, 0.717) is 16.3 Å². The number of nitrogens with one attached hydrogen (secondary N) is 1. The molecule has 9 nitrogen and oxygen atoms in total. The molecule has 26 heavy (non-hydrogen) atoms. The first-order valence-electron chi connectivity index (χ1n) is 8.16. The maximum atomic E-state index is 12.7. The number of hydrogen-bond donors (Lipinski definition) is 1. The standard InChI is InChI=1S/C17H18N4O5/c1-10(2)7-20-15(24)16(25)21(17(20)26)9-14(23)19-8-13(22)18-11-5-3-4-6-12(11)19/h3-6,10H,7-9H2,1-2H3,(H,18,22). The topological polar surface area (TPSA) is 107 Å². The summed E-state index contributed by atoms with van der Waals surface area (Å²) in [6.07, 6.45) is 0. The van der Waals surface area contributed by atoms with Crippen molar-refractivity contribution in [3.8, 4) is 0 Å². The van der Waals surface area contributed by atoms with E-state index in [-0.39, 0.29) is 24.9 Å². The smallest absolute Gasteiger partial charge is 0.323 e. The van der Waals surface area contributed by atoms with Gasteiger partial charge in [-0.25, -0.2) is 9.69 Å². The lowest BCUT2D eigenvalue weighted by molar-refractivity contribution is -0.144. The number of hydrogen-bond acceptors (Lipinski definition) is 5. The highest BCUT2D eigenvalue weighted by molar-refractivity contribution is 6.45. The third-order valence-electron chi connectivity index (χ3n) is 4.05. The second-order valence-electron chi connectivity index (χ2n) is 6.53. The maximum absolute atomic E-state index is 12.7. The third-order valence-corrected chi connectivity index (χ3v) is 4.05. The zero-order chi connectivity index (χ0) is 19.0. The summed E-state index contributed by atoms with van der Waals surface area (Å²) < 4.78 is 0. The van der Waals surface area contributed by atoms with Gasteiger partial charge in [0.2, 0.25) is 11.8 Å². The monoisotopic (exact) mass is 358 g/mol. The highest BCUT2D eigenvalue weighted by Gasteiger charge is 2.46. The van der Waals surface area contributed by atoms with Crippen molar-refractivity contribution in [2.45, 2.75) is 13.8 Å². The van der Waals surface area contributed by atoms with E-state index in [1.165, 1.54) is 4.90 Å². The first-order chi connectivity index (χ1) is 12.3. The Balaban J connectivity index is 1.80. The van der Waals surface area contributed by atoms with Crippen LogP contribution in [0.5, 0.6) is 0 Å². The minimum atomic E-state index is -1.03. The number of fused-ring (bicyclic) bond motifs is 1. The van der Waals surface area contributed by atoms with E-state index < -0.39 is 30.3 Å². The average molecular weight is 358 g/mol. The van der Waals surface area contributed by atoms with Crippen molar-refractivity contribution < 1.29 is 24.0 Å². The van der Waals surface area contributed by atoms with E-state index in [1.807, 2.05) is 13.8 Å². The summed E-state index contributed by atoms with van der Waals surface area (Å²) in [5, 5.41) is 2.65. The van der Waals surface area contributed by atoms with Crippen molar-refractivity contribution in [1.29, 1.82) is 0 Å². The number of para-hydroxylation sites is 2. The third kappa shape index (κ3) is 3.03. The van der Waals surface area contributed by atoms with Gasteiger partial charge >= 0.3 is 17.8 Å². The predicted octanol–water partition coefficient (Wildman–Crippen LogP) is 0.419. The van der Waals surface area contributed by atoms with E-state index in [2.05, 4.69) is 5.32 Å². The Morgan fingerprint density at radius 1 is 1.08 bits per heavy atom. The number of nitrogens with zero attached hydrogens (tertiary/aromatic N) is 3. The highest BCUT2D eigenvalue weighted by atomic mass is 16.2. The Kier molecular flexibility index (Phi) is 4.45. The van der Waals surface area contributed by atoms with Gasteiger partial charge in [0, 0.05) is 6.54 Å². The Hall–Kier alpha value is -3.23. The van der Waals surface area contributed by atoms with E-state index in [9.17, 15) is 24.0 Å². The number of benzene rings is 1. The van der Waals surface area contributed by atoms with Gasteiger partial charge in [0.25, 0.3) is 0 Å². The summed E-state index contributed by atoms with van der Waals surface area (Å²) in [5.74, 6) is -2.97. The number of amides is 6. The molecule has 1 aromatic rings. The normalized spacial score (nSPS) is 17.1. The molecule has 1 fully saturated rings. The minimum Gasteiger partial charge on any atom is -0.323 e. The quantitative estimate of drug-likeness (QED) is 0.620. The average Bonchev–Trinajstić information content (AvgIpc) is 2.78. The summed E-state index contributed by atoms with van der Waals surface area (Å²) in [6, 6.07) is 5.90. The van der Waals surface area contributed by atoms with Crippen molar-refractivity contribution in [3.05, 3.63) is 24.3 Å². The fourth-order valence-corrected chi connectivity index (χ4v) is 2.89. The number of carbonyl (C=O) groups excluding carboxylic acids is 5. The summed E-state index contributed by atoms with van der Waals surface area (Å²) in [7, 11) is 0. The van der Waals surface area contributed by atoms with Crippen LogP contribution in [0.25, 0.3) is 0 Å². The van der Waals surface area contributed by atoms with Crippen molar-refractivity contribution >= 4 is 41.0 Å². The summed E-state index contributed by atoms with van der Waals surface area (Å²) >= 11 is 0. The molecule has 2 aliphatic heterocycles. The van der Waals surface area contributed by atoms with E-state index >= 15 is 0 Å². The number of imide groups is 2. The second-order valence-corrected chi connectivity index (χ2v) is 6.53. The molecule has 136 valence electrons. The molecule has 0 saturated carbocycles. The van der Waals surface area contributed by atoms with E-state index in [0.717, 1.165) is 4.90 Å². The molecular formula is C17H18N4O5. The van der Waals surface area contributed by atoms with Crippen molar-refractivity contribution in [2.75, 3.05) is 29.9 Å². The van der Waals surface area contributed by atoms with Gasteiger partial charge in [0.1, 0.15) is 13.1 Å². The van der Waals surface area contributed by atoms with E-state index in [1.54, 1.807) is 24.3 Å². The first kappa shape index (κ1) is 17.6. The fourth-order valence-electron chi connectivity index (χ4n) is 2.89. The van der Waals surface area contributed by atoms with Crippen LogP contribution in [0.2, 0.25) is 0 Å². The van der Waals surface area contributed by atoms with E-state index in [4.69, 9.17) is 0 Å². The first-order valence-corrected chi connectivity index (χ1v) is 8.16. The Labute approximate surface area is 149 Å². The van der Waals surface area contributed by atoms with Crippen molar-refractivity contribution in [1.82, 2.24) is 9.80 Å². The Bertz CT molecular complexity index is 819. The molecule has 6 amide bonds. The number of urea groups is 1. The van der Waals surface area contributed by atoms with Gasteiger partial charge in [-0.3, -0.25) is 29.0 Å². The molecular weight excluding hydrogens is 340 g/mol. The highest BCUT2D eigenvalue weighted by Crippen LogP contribution is 2.29. The van der Waals surface area contributed by atoms with Gasteiger partial charge in [0.15, 0.2) is 0 Å². The lowest BCUT2D eigenvalue weighted by atomic mass is 10.2. The Morgan fingerprint density at radius 2 is 1.73 bits per heavy atom.